The molecule has 0 aliphatic carbocycles. The van der Waals surface area contributed by atoms with Crippen LogP contribution in [0.2, 0.25) is 0 Å². The maximum Gasteiger partial charge on any atom is 0.168 e. The van der Waals surface area contributed by atoms with Crippen LogP contribution in [0.1, 0.15) is 11.7 Å². The first-order chi connectivity index (χ1) is 6.31. The summed E-state index contributed by atoms with van der Waals surface area (Å²) in [5.74, 6) is 0.731. The Kier molecular flexibility index (Phi) is 3.30. The van der Waals surface area contributed by atoms with Crippen molar-refractivity contribution in [1.29, 1.82) is 5.26 Å². The highest BCUT2D eigenvalue weighted by Gasteiger charge is 2.08. The summed E-state index contributed by atoms with van der Waals surface area (Å²) < 4.78 is 10.00. The number of ether oxygens (including phenoxy) is 2. The molecule has 13 heavy (non-hydrogen) atoms. The first-order valence-electron chi connectivity index (χ1n) is 3.88. The molecule has 0 aromatic heterocycles. The third-order valence-electron chi connectivity index (χ3n) is 1.75. The summed E-state index contributed by atoms with van der Waals surface area (Å²) in [5, 5.41) is 8.73. The number of hydrogen-bond acceptors (Lipinski definition) is 3. The minimum Gasteiger partial charge on any atom is -0.497 e. The molecule has 0 radical (unpaired) electrons. The molecule has 0 saturated heterocycles. The molecule has 1 rings (SSSR count). The van der Waals surface area contributed by atoms with Crippen LogP contribution in [-0.4, -0.2) is 14.2 Å². The first-order valence-corrected chi connectivity index (χ1v) is 3.88. The Morgan fingerprint density at radius 1 is 1.38 bits per heavy atom. The Hall–Kier alpha value is -1.53. The lowest BCUT2D eigenvalue weighted by Gasteiger charge is -2.08. The van der Waals surface area contributed by atoms with Crippen LogP contribution in [0.15, 0.2) is 24.3 Å². The van der Waals surface area contributed by atoms with Crippen molar-refractivity contribution in [2.24, 2.45) is 0 Å². The molecule has 0 bridgehead atoms. The topological polar surface area (TPSA) is 42.2 Å². The average Bonchev–Trinajstić information content (AvgIpc) is 2.20. The number of rotatable bonds is 3. The molecule has 0 fully saturated rings. The van der Waals surface area contributed by atoms with Gasteiger partial charge in [0.1, 0.15) is 5.75 Å². The number of methoxy groups -OCH3 is 2. The van der Waals surface area contributed by atoms with E-state index in [0.717, 1.165) is 11.3 Å². The van der Waals surface area contributed by atoms with E-state index in [9.17, 15) is 0 Å². The van der Waals surface area contributed by atoms with Gasteiger partial charge in [-0.05, 0) is 17.7 Å². The Morgan fingerprint density at radius 3 is 2.69 bits per heavy atom. The molecular weight excluding hydrogens is 166 g/mol. The highest BCUT2D eigenvalue weighted by atomic mass is 16.5. The van der Waals surface area contributed by atoms with Gasteiger partial charge in [0.15, 0.2) is 6.10 Å². The monoisotopic (exact) mass is 177 g/mol. The summed E-state index contributed by atoms with van der Waals surface area (Å²) in [4.78, 5) is 0. The van der Waals surface area contributed by atoms with Crippen LogP contribution in [0.5, 0.6) is 5.75 Å². The average molecular weight is 177 g/mol. The van der Waals surface area contributed by atoms with E-state index in [1.165, 1.54) is 7.11 Å². The summed E-state index contributed by atoms with van der Waals surface area (Å²) in [5.41, 5.74) is 0.810. The van der Waals surface area contributed by atoms with Crippen molar-refractivity contribution in [2.75, 3.05) is 14.2 Å². The van der Waals surface area contributed by atoms with Crippen molar-refractivity contribution < 1.29 is 9.47 Å². The van der Waals surface area contributed by atoms with E-state index in [0.29, 0.717) is 0 Å². The van der Waals surface area contributed by atoms with Gasteiger partial charge in [-0.25, -0.2) is 0 Å². The second kappa shape index (κ2) is 4.48. The highest BCUT2D eigenvalue weighted by Crippen LogP contribution is 2.20. The van der Waals surface area contributed by atoms with Crippen LogP contribution in [-0.2, 0) is 4.74 Å². The van der Waals surface area contributed by atoms with Crippen LogP contribution >= 0.6 is 0 Å². The molecule has 0 amide bonds. The first kappa shape index (κ1) is 9.56. The van der Waals surface area contributed by atoms with Crippen molar-refractivity contribution in [3.05, 3.63) is 29.8 Å². The number of nitriles is 1. The molecule has 1 aromatic rings. The molecule has 0 saturated carbocycles. The SMILES string of the molecule is COc1cccc([C@@H](C#N)OC)c1. The maximum absolute atomic E-state index is 8.73. The zero-order valence-electron chi connectivity index (χ0n) is 7.65. The molecule has 0 aliphatic heterocycles. The lowest BCUT2D eigenvalue weighted by atomic mass is 10.1. The van der Waals surface area contributed by atoms with E-state index in [1.807, 2.05) is 24.3 Å². The zero-order valence-corrected chi connectivity index (χ0v) is 7.65. The van der Waals surface area contributed by atoms with Gasteiger partial charge in [0, 0.05) is 7.11 Å². The molecule has 1 atom stereocenters. The second-order valence-corrected chi connectivity index (χ2v) is 2.52. The summed E-state index contributed by atoms with van der Waals surface area (Å²) in [7, 11) is 3.10. The molecule has 3 nitrogen and oxygen atoms in total. The third kappa shape index (κ3) is 2.20. The Balaban J connectivity index is 2.94. The summed E-state index contributed by atoms with van der Waals surface area (Å²) in [6.07, 6.45) is -0.518. The summed E-state index contributed by atoms with van der Waals surface area (Å²) >= 11 is 0. The van der Waals surface area contributed by atoms with Gasteiger partial charge in [-0.2, -0.15) is 5.26 Å². The fraction of sp³-hybridized carbons (Fsp3) is 0.300. The highest BCUT2D eigenvalue weighted by molar-refractivity contribution is 5.31. The summed E-state index contributed by atoms with van der Waals surface area (Å²) in [6.45, 7) is 0. The predicted molar refractivity (Wildman–Crippen MR) is 48.4 cm³/mol. The van der Waals surface area contributed by atoms with Crippen LogP contribution < -0.4 is 4.74 Å². The van der Waals surface area contributed by atoms with E-state index in [-0.39, 0.29) is 0 Å². The van der Waals surface area contributed by atoms with Gasteiger partial charge >= 0.3 is 0 Å². The van der Waals surface area contributed by atoms with Crippen molar-refractivity contribution in [2.45, 2.75) is 6.10 Å². The quantitative estimate of drug-likeness (QED) is 0.708. The van der Waals surface area contributed by atoms with E-state index < -0.39 is 6.10 Å². The Labute approximate surface area is 77.5 Å². The van der Waals surface area contributed by atoms with Crippen molar-refractivity contribution in [3.63, 3.8) is 0 Å². The van der Waals surface area contributed by atoms with Gasteiger partial charge in [-0.3, -0.25) is 0 Å². The van der Waals surface area contributed by atoms with E-state index in [2.05, 4.69) is 0 Å². The van der Waals surface area contributed by atoms with Gasteiger partial charge in [-0.15, -0.1) is 0 Å². The van der Waals surface area contributed by atoms with Gasteiger partial charge in [0.25, 0.3) is 0 Å². The lowest BCUT2D eigenvalue weighted by Crippen LogP contribution is -1.98. The lowest BCUT2D eigenvalue weighted by molar-refractivity contribution is 0.148. The van der Waals surface area contributed by atoms with E-state index >= 15 is 0 Å². The molecule has 0 aliphatic rings. The predicted octanol–water partition coefficient (Wildman–Crippen LogP) is 1.91. The van der Waals surface area contributed by atoms with Crippen LogP contribution in [0.4, 0.5) is 0 Å². The maximum atomic E-state index is 8.73. The normalized spacial score (nSPS) is 11.8. The van der Waals surface area contributed by atoms with Crippen molar-refractivity contribution in [1.82, 2.24) is 0 Å². The minimum absolute atomic E-state index is 0.518. The molecular formula is C10H11NO2. The fourth-order valence-electron chi connectivity index (χ4n) is 1.07. The number of benzene rings is 1. The molecule has 0 unspecified atom stereocenters. The molecule has 0 N–H and O–H groups in total. The molecule has 1 aromatic carbocycles. The molecule has 3 heteroatoms. The van der Waals surface area contributed by atoms with Gasteiger partial charge in [0.05, 0.1) is 13.2 Å². The van der Waals surface area contributed by atoms with Crippen molar-refractivity contribution >= 4 is 0 Å². The molecule has 68 valence electrons. The number of nitrogens with zero attached hydrogens (tertiary/aromatic N) is 1. The van der Waals surface area contributed by atoms with Crippen LogP contribution in [0.25, 0.3) is 0 Å². The summed E-state index contributed by atoms with van der Waals surface area (Å²) in [6, 6.07) is 9.32. The van der Waals surface area contributed by atoms with Gasteiger partial charge in [0.2, 0.25) is 0 Å². The van der Waals surface area contributed by atoms with Crippen molar-refractivity contribution in [3.8, 4) is 11.8 Å². The third-order valence-corrected chi connectivity index (χ3v) is 1.75. The van der Waals surface area contributed by atoms with Crippen LogP contribution in [0, 0.1) is 11.3 Å². The fourth-order valence-corrected chi connectivity index (χ4v) is 1.07. The minimum atomic E-state index is -0.518. The molecule has 0 heterocycles. The number of hydrogen-bond donors (Lipinski definition) is 0. The second-order valence-electron chi connectivity index (χ2n) is 2.52. The van der Waals surface area contributed by atoms with Gasteiger partial charge in [-0.1, -0.05) is 12.1 Å². The van der Waals surface area contributed by atoms with E-state index in [1.54, 1.807) is 13.2 Å². The molecule has 0 spiro atoms. The smallest absolute Gasteiger partial charge is 0.168 e. The van der Waals surface area contributed by atoms with Crippen LogP contribution in [0.3, 0.4) is 0 Å². The Bertz CT molecular complexity index is 317. The largest absolute Gasteiger partial charge is 0.497 e. The van der Waals surface area contributed by atoms with E-state index in [4.69, 9.17) is 14.7 Å². The zero-order chi connectivity index (χ0) is 9.68. The standard InChI is InChI=1S/C10H11NO2/c1-12-9-5-3-4-8(6-9)10(7-11)13-2/h3-6,10H,1-2H3/t10-/m1/s1. The van der Waals surface area contributed by atoms with Gasteiger partial charge < -0.3 is 9.47 Å². The Morgan fingerprint density at radius 2 is 2.15 bits per heavy atom.